The molecule has 0 fully saturated rings. The van der Waals surface area contributed by atoms with Crippen LogP contribution in [0.15, 0.2) is 24.3 Å². The van der Waals surface area contributed by atoms with Crippen LogP contribution in [0.2, 0.25) is 0 Å². The summed E-state index contributed by atoms with van der Waals surface area (Å²) in [5.74, 6) is 0.949. The Morgan fingerprint density at radius 1 is 1.25 bits per heavy atom. The van der Waals surface area contributed by atoms with E-state index in [1.165, 1.54) is 6.42 Å². The zero-order chi connectivity index (χ0) is 8.81. The van der Waals surface area contributed by atoms with Crippen molar-refractivity contribution in [3.63, 3.8) is 0 Å². The third-order valence-corrected chi connectivity index (χ3v) is 1.95. The van der Waals surface area contributed by atoms with Gasteiger partial charge in [0, 0.05) is 0 Å². The maximum atomic E-state index is 5.48. The van der Waals surface area contributed by atoms with Crippen LogP contribution in [0.5, 0.6) is 5.75 Å². The highest BCUT2D eigenvalue weighted by atomic mass is 31.0. The van der Waals surface area contributed by atoms with Gasteiger partial charge in [0.2, 0.25) is 0 Å². The van der Waals surface area contributed by atoms with Crippen molar-refractivity contribution < 1.29 is 4.74 Å². The van der Waals surface area contributed by atoms with Gasteiger partial charge in [-0.2, -0.15) is 0 Å². The van der Waals surface area contributed by atoms with Crippen molar-refractivity contribution in [3.8, 4) is 5.75 Å². The van der Waals surface area contributed by atoms with E-state index < -0.39 is 0 Å². The molecule has 0 aliphatic heterocycles. The normalized spacial score (nSPS) is 9.83. The molecule has 0 amide bonds. The van der Waals surface area contributed by atoms with Gasteiger partial charge in [0.1, 0.15) is 5.75 Å². The Labute approximate surface area is 76.3 Å². The van der Waals surface area contributed by atoms with Crippen molar-refractivity contribution in [2.45, 2.75) is 19.8 Å². The summed E-state index contributed by atoms with van der Waals surface area (Å²) in [4.78, 5) is 0. The molecular weight excluding hydrogens is 167 g/mol. The third-order valence-electron chi connectivity index (χ3n) is 1.62. The molecule has 1 rings (SSSR count). The van der Waals surface area contributed by atoms with E-state index in [0.717, 1.165) is 24.1 Å². The minimum absolute atomic E-state index is 0.817. The quantitative estimate of drug-likeness (QED) is 0.512. The van der Waals surface area contributed by atoms with E-state index in [9.17, 15) is 0 Å². The molecular formula is C10H14OP-. The summed E-state index contributed by atoms with van der Waals surface area (Å²) in [6, 6.07) is 7.91. The lowest BCUT2D eigenvalue weighted by Gasteiger charge is -2.06. The van der Waals surface area contributed by atoms with Gasteiger partial charge >= 0.3 is 0 Å². The molecule has 0 bridgehead atoms. The Balaban J connectivity index is 2.37. The van der Waals surface area contributed by atoms with Crippen LogP contribution < -0.4 is 10.0 Å². The molecule has 1 nitrogen and oxygen atoms in total. The van der Waals surface area contributed by atoms with Gasteiger partial charge in [0.15, 0.2) is 0 Å². The van der Waals surface area contributed by atoms with Gasteiger partial charge in [0.25, 0.3) is 0 Å². The van der Waals surface area contributed by atoms with Gasteiger partial charge < -0.3 is 14.0 Å². The fourth-order valence-electron chi connectivity index (χ4n) is 0.886. The molecule has 1 aromatic carbocycles. The number of unbranched alkanes of at least 4 members (excludes halogenated alkanes) is 1. The molecule has 0 N–H and O–H groups in total. The molecule has 0 aliphatic carbocycles. The van der Waals surface area contributed by atoms with E-state index in [-0.39, 0.29) is 0 Å². The SMILES string of the molecule is CCCCOc1ccc([PH-])cc1. The monoisotopic (exact) mass is 181 g/mol. The maximum absolute atomic E-state index is 5.48. The summed E-state index contributed by atoms with van der Waals surface area (Å²) < 4.78 is 5.48. The summed E-state index contributed by atoms with van der Waals surface area (Å²) in [5, 5.41) is 1.08. The lowest BCUT2D eigenvalue weighted by atomic mass is 10.3. The largest absolute Gasteiger partial charge is 0.525 e. The number of benzene rings is 1. The highest BCUT2D eigenvalue weighted by Gasteiger charge is 1.89. The van der Waals surface area contributed by atoms with Gasteiger partial charge in [-0.15, -0.1) is 0 Å². The minimum atomic E-state index is 0.817. The molecule has 2 heteroatoms. The second-order valence-corrected chi connectivity index (χ2v) is 3.30. The van der Waals surface area contributed by atoms with E-state index in [4.69, 9.17) is 4.74 Å². The van der Waals surface area contributed by atoms with E-state index in [2.05, 4.69) is 16.2 Å². The van der Waals surface area contributed by atoms with Crippen LogP contribution >= 0.6 is 9.24 Å². The summed E-state index contributed by atoms with van der Waals surface area (Å²) in [6.45, 7) is 2.97. The van der Waals surface area contributed by atoms with Crippen LogP contribution in [0.1, 0.15) is 19.8 Å². The van der Waals surface area contributed by atoms with Crippen molar-refractivity contribution in [3.05, 3.63) is 24.3 Å². The summed E-state index contributed by atoms with van der Waals surface area (Å²) in [5.41, 5.74) is 0. The summed E-state index contributed by atoms with van der Waals surface area (Å²) in [7, 11) is 3.42. The minimum Gasteiger partial charge on any atom is -0.525 e. The average Bonchev–Trinajstić information content (AvgIpc) is 2.09. The number of hydrogen-bond acceptors (Lipinski definition) is 1. The smallest absolute Gasteiger partial charge is 0.119 e. The third kappa shape index (κ3) is 3.23. The highest BCUT2D eigenvalue weighted by Crippen LogP contribution is 2.08. The van der Waals surface area contributed by atoms with Crippen molar-refractivity contribution in [1.82, 2.24) is 0 Å². The molecule has 0 saturated heterocycles. The van der Waals surface area contributed by atoms with Crippen molar-refractivity contribution in [1.29, 1.82) is 0 Å². The van der Waals surface area contributed by atoms with Crippen LogP contribution in [-0.4, -0.2) is 6.61 Å². The van der Waals surface area contributed by atoms with Crippen LogP contribution in [0.4, 0.5) is 0 Å². The van der Waals surface area contributed by atoms with Gasteiger partial charge in [-0.25, -0.2) is 5.30 Å². The molecule has 1 aromatic rings. The molecule has 0 unspecified atom stereocenters. The van der Waals surface area contributed by atoms with Crippen molar-refractivity contribution in [2.24, 2.45) is 0 Å². The lowest BCUT2D eigenvalue weighted by Crippen LogP contribution is -1.97. The van der Waals surface area contributed by atoms with Crippen LogP contribution in [0.25, 0.3) is 0 Å². The molecule has 66 valence electrons. The van der Waals surface area contributed by atoms with E-state index in [1.807, 2.05) is 24.3 Å². The highest BCUT2D eigenvalue weighted by molar-refractivity contribution is 7.27. The second kappa shape index (κ2) is 5.16. The lowest BCUT2D eigenvalue weighted by molar-refractivity contribution is 0.309. The zero-order valence-electron chi connectivity index (χ0n) is 7.34. The van der Waals surface area contributed by atoms with Gasteiger partial charge in [0.05, 0.1) is 6.61 Å². The Morgan fingerprint density at radius 2 is 1.92 bits per heavy atom. The molecule has 0 spiro atoms. The standard InChI is InChI=1S/C10H14OP/c1-2-3-8-11-9-4-6-10(12)7-5-9/h4-7,12H,2-3,8H2,1H3/q-1. The van der Waals surface area contributed by atoms with Gasteiger partial charge in [-0.1, -0.05) is 25.5 Å². The van der Waals surface area contributed by atoms with Crippen LogP contribution in [-0.2, 0) is 0 Å². The summed E-state index contributed by atoms with van der Waals surface area (Å²) in [6.07, 6.45) is 2.30. The van der Waals surface area contributed by atoms with Gasteiger partial charge in [-0.3, -0.25) is 0 Å². The topological polar surface area (TPSA) is 9.23 Å². The molecule has 0 atom stereocenters. The number of ether oxygens (including phenoxy) is 1. The predicted molar refractivity (Wildman–Crippen MR) is 54.8 cm³/mol. The molecule has 0 heterocycles. The molecule has 0 aliphatic rings. The van der Waals surface area contributed by atoms with Crippen molar-refractivity contribution in [2.75, 3.05) is 6.61 Å². The second-order valence-electron chi connectivity index (χ2n) is 2.73. The Kier molecular flexibility index (Phi) is 4.10. The van der Waals surface area contributed by atoms with Crippen LogP contribution in [0.3, 0.4) is 0 Å². The Hall–Kier alpha value is -0.550. The fraction of sp³-hybridized carbons (Fsp3) is 0.400. The first-order chi connectivity index (χ1) is 5.83. The fourth-order valence-corrected chi connectivity index (χ4v) is 1.05. The van der Waals surface area contributed by atoms with Crippen LogP contribution in [0, 0.1) is 0 Å². The predicted octanol–water partition coefficient (Wildman–Crippen LogP) is 2.63. The number of hydrogen-bond donors (Lipinski definition) is 0. The van der Waals surface area contributed by atoms with E-state index >= 15 is 0 Å². The Morgan fingerprint density at radius 3 is 2.50 bits per heavy atom. The number of rotatable bonds is 4. The van der Waals surface area contributed by atoms with Gasteiger partial charge in [-0.05, 0) is 18.6 Å². The molecule has 0 aromatic heterocycles. The summed E-state index contributed by atoms with van der Waals surface area (Å²) >= 11 is 0. The first-order valence-corrected chi connectivity index (χ1v) is 4.77. The molecule has 0 saturated carbocycles. The van der Waals surface area contributed by atoms with E-state index in [0.29, 0.717) is 0 Å². The zero-order valence-corrected chi connectivity index (χ0v) is 8.34. The molecule has 12 heavy (non-hydrogen) atoms. The van der Waals surface area contributed by atoms with Crippen molar-refractivity contribution >= 4 is 14.5 Å². The maximum Gasteiger partial charge on any atom is 0.119 e. The molecule has 0 radical (unpaired) electrons. The van der Waals surface area contributed by atoms with E-state index in [1.54, 1.807) is 0 Å². The average molecular weight is 181 g/mol. The first kappa shape index (κ1) is 9.54. The Bertz CT molecular complexity index is 218. The first-order valence-electron chi connectivity index (χ1n) is 4.27.